The van der Waals surface area contributed by atoms with E-state index in [0.29, 0.717) is 0 Å². The third kappa shape index (κ3) is 2.28. The van der Waals surface area contributed by atoms with Crippen LogP contribution in [0.25, 0.3) is 54.9 Å². The first-order valence-electron chi connectivity index (χ1n) is 11.0. The van der Waals surface area contributed by atoms with Crippen LogP contribution < -0.4 is 0 Å². The van der Waals surface area contributed by atoms with Gasteiger partial charge in [0.15, 0.2) is 0 Å². The van der Waals surface area contributed by atoms with Gasteiger partial charge in [-0.3, -0.25) is 0 Å². The fourth-order valence-electron chi connectivity index (χ4n) is 5.49. The topological polar surface area (TPSA) is 0 Å². The molecule has 0 spiro atoms. The quantitative estimate of drug-likeness (QED) is 0.287. The van der Waals surface area contributed by atoms with Crippen LogP contribution in [-0.2, 0) is 12.8 Å². The molecule has 0 N–H and O–H groups in total. The summed E-state index contributed by atoms with van der Waals surface area (Å²) in [5, 5.41) is 5.41. The monoisotopic (exact) mass is 384 g/mol. The molecule has 0 nitrogen and oxygen atoms in total. The summed E-state index contributed by atoms with van der Waals surface area (Å²) in [6.07, 6.45) is 2.06. The van der Waals surface area contributed by atoms with Gasteiger partial charge in [0.1, 0.15) is 0 Å². The highest BCUT2D eigenvalue weighted by molar-refractivity contribution is 6.17. The third-order valence-corrected chi connectivity index (χ3v) is 6.77. The van der Waals surface area contributed by atoms with E-state index in [9.17, 15) is 0 Å². The Hall–Kier alpha value is -3.38. The van der Waals surface area contributed by atoms with E-state index in [1.165, 1.54) is 66.1 Å². The van der Waals surface area contributed by atoms with Crippen LogP contribution in [-0.4, -0.2) is 0 Å². The Morgan fingerprint density at radius 3 is 1.90 bits per heavy atom. The van der Waals surface area contributed by atoms with Crippen LogP contribution >= 0.6 is 0 Å². The summed E-state index contributed by atoms with van der Waals surface area (Å²) < 4.78 is 0. The van der Waals surface area contributed by atoms with E-state index < -0.39 is 0 Å². The Labute approximate surface area is 177 Å². The molecule has 0 aliphatic heterocycles. The lowest BCUT2D eigenvalue weighted by Gasteiger charge is -2.19. The Kier molecular flexibility index (Phi) is 3.83. The van der Waals surface area contributed by atoms with Gasteiger partial charge < -0.3 is 0 Å². The second-order valence-electron chi connectivity index (χ2n) is 8.25. The van der Waals surface area contributed by atoms with Crippen LogP contribution in [0.2, 0.25) is 0 Å². The third-order valence-electron chi connectivity index (χ3n) is 6.77. The summed E-state index contributed by atoms with van der Waals surface area (Å²) in [6, 6.07) is 31.5. The largest absolute Gasteiger partial charge is 0.0616 e. The maximum Gasteiger partial charge on any atom is -0.00262 e. The molecule has 30 heavy (non-hydrogen) atoms. The standard InChI is InChI=1S/C30H24/c1-3-19-18-27(24-15-7-11-20-10-5-6-14-23(20)24)22(4-2)30-26-17-9-13-21-12-8-16-25(28(21)26)29(19)30/h5-18H,3-4H2,1-2H3. The Morgan fingerprint density at radius 1 is 0.533 bits per heavy atom. The van der Waals surface area contributed by atoms with E-state index in [1.54, 1.807) is 0 Å². The minimum Gasteiger partial charge on any atom is -0.0616 e. The highest BCUT2D eigenvalue weighted by atomic mass is 14.3. The van der Waals surface area contributed by atoms with Crippen LogP contribution in [0.1, 0.15) is 25.0 Å². The summed E-state index contributed by atoms with van der Waals surface area (Å²) >= 11 is 0. The minimum absolute atomic E-state index is 1.02. The van der Waals surface area contributed by atoms with Gasteiger partial charge in [0.2, 0.25) is 0 Å². The van der Waals surface area contributed by atoms with E-state index in [0.717, 1.165) is 12.8 Å². The van der Waals surface area contributed by atoms with Crippen molar-refractivity contribution in [3.63, 3.8) is 0 Å². The molecule has 0 unspecified atom stereocenters. The fourth-order valence-corrected chi connectivity index (χ4v) is 5.49. The van der Waals surface area contributed by atoms with Crippen LogP contribution in [0.4, 0.5) is 0 Å². The maximum atomic E-state index is 2.48. The van der Waals surface area contributed by atoms with Crippen LogP contribution in [0.5, 0.6) is 0 Å². The Morgan fingerprint density at radius 2 is 1.17 bits per heavy atom. The van der Waals surface area contributed by atoms with Crippen molar-refractivity contribution < 1.29 is 0 Å². The first kappa shape index (κ1) is 17.5. The van der Waals surface area contributed by atoms with Crippen molar-refractivity contribution >= 4 is 21.5 Å². The summed E-state index contributed by atoms with van der Waals surface area (Å²) in [7, 11) is 0. The lowest BCUT2D eigenvalue weighted by atomic mass is 9.84. The zero-order chi connectivity index (χ0) is 20.2. The first-order valence-corrected chi connectivity index (χ1v) is 11.0. The molecule has 1 aliphatic carbocycles. The highest BCUT2D eigenvalue weighted by Crippen LogP contribution is 2.52. The molecule has 1 aliphatic rings. The fraction of sp³-hybridized carbons (Fsp3) is 0.133. The first-order chi connectivity index (χ1) is 14.8. The number of hydrogen-bond acceptors (Lipinski definition) is 0. The number of fused-ring (bicyclic) bond motifs is 4. The number of aryl methyl sites for hydroxylation is 1. The zero-order valence-electron chi connectivity index (χ0n) is 17.5. The van der Waals surface area contributed by atoms with Gasteiger partial charge in [-0.05, 0) is 78.9 Å². The van der Waals surface area contributed by atoms with Crippen molar-refractivity contribution in [3.05, 3.63) is 96.1 Å². The smallest absolute Gasteiger partial charge is 0.00262 e. The summed E-state index contributed by atoms with van der Waals surface area (Å²) in [6.45, 7) is 4.59. The second kappa shape index (κ2) is 6.57. The molecular formula is C30H24. The molecule has 0 aromatic heterocycles. The van der Waals surface area contributed by atoms with Gasteiger partial charge in [-0.25, -0.2) is 0 Å². The van der Waals surface area contributed by atoms with E-state index in [-0.39, 0.29) is 0 Å². The molecule has 5 aromatic carbocycles. The molecule has 0 radical (unpaired) electrons. The number of hydrogen-bond donors (Lipinski definition) is 0. The zero-order valence-corrected chi connectivity index (χ0v) is 17.5. The normalized spacial score (nSPS) is 11.9. The second-order valence-corrected chi connectivity index (χ2v) is 8.25. The molecule has 0 fully saturated rings. The van der Waals surface area contributed by atoms with Gasteiger partial charge in [-0.15, -0.1) is 0 Å². The van der Waals surface area contributed by atoms with Crippen LogP contribution in [0, 0.1) is 0 Å². The SMILES string of the molecule is CCc1cc(-c2cccc3ccccc23)c(CC)c2c1-c1cccc3cccc-2c13. The van der Waals surface area contributed by atoms with Crippen molar-refractivity contribution in [2.45, 2.75) is 26.7 Å². The predicted octanol–water partition coefficient (Wildman–Crippen LogP) is 8.43. The van der Waals surface area contributed by atoms with Crippen LogP contribution in [0.3, 0.4) is 0 Å². The molecule has 0 saturated carbocycles. The lowest BCUT2D eigenvalue weighted by Crippen LogP contribution is -1.98. The van der Waals surface area contributed by atoms with Gasteiger partial charge in [0, 0.05) is 0 Å². The molecule has 5 aromatic rings. The lowest BCUT2D eigenvalue weighted by molar-refractivity contribution is 1.11. The summed E-state index contributed by atoms with van der Waals surface area (Å²) in [5.74, 6) is 0. The van der Waals surface area contributed by atoms with E-state index in [4.69, 9.17) is 0 Å². The van der Waals surface area contributed by atoms with Crippen molar-refractivity contribution in [1.82, 2.24) is 0 Å². The molecule has 0 saturated heterocycles. The average Bonchev–Trinajstić information content (AvgIpc) is 3.14. The van der Waals surface area contributed by atoms with E-state index in [1.807, 2.05) is 0 Å². The van der Waals surface area contributed by atoms with Gasteiger partial charge >= 0.3 is 0 Å². The Bertz CT molecular complexity index is 1440. The number of rotatable bonds is 3. The maximum absolute atomic E-state index is 2.48. The average molecular weight is 385 g/mol. The van der Waals surface area contributed by atoms with E-state index in [2.05, 4.69) is 98.8 Å². The van der Waals surface area contributed by atoms with E-state index >= 15 is 0 Å². The van der Waals surface area contributed by atoms with Crippen molar-refractivity contribution in [3.8, 4) is 33.4 Å². The predicted molar refractivity (Wildman–Crippen MR) is 130 cm³/mol. The highest BCUT2D eigenvalue weighted by Gasteiger charge is 2.27. The van der Waals surface area contributed by atoms with Crippen molar-refractivity contribution in [2.24, 2.45) is 0 Å². The Balaban J connectivity index is 1.77. The number of benzene rings is 5. The van der Waals surface area contributed by atoms with Gasteiger partial charge in [-0.1, -0.05) is 98.8 Å². The minimum atomic E-state index is 1.02. The molecule has 0 amide bonds. The molecule has 0 heterocycles. The van der Waals surface area contributed by atoms with Gasteiger partial charge in [0.05, 0.1) is 0 Å². The molecule has 0 heteroatoms. The van der Waals surface area contributed by atoms with Crippen molar-refractivity contribution in [2.75, 3.05) is 0 Å². The van der Waals surface area contributed by atoms with Crippen molar-refractivity contribution in [1.29, 1.82) is 0 Å². The molecule has 0 atom stereocenters. The molecule has 6 rings (SSSR count). The molecule has 144 valence electrons. The van der Waals surface area contributed by atoms with Crippen LogP contribution in [0.15, 0.2) is 84.9 Å². The molecular weight excluding hydrogens is 360 g/mol. The van der Waals surface area contributed by atoms with Gasteiger partial charge in [0.25, 0.3) is 0 Å². The van der Waals surface area contributed by atoms with Gasteiger partial charge in [-0.2, -0.15) is 0 Å². The molecule has 0 bridgehead atoms. The summed E-state index contributed by atoms with van der Waals surface area (Å²) in [5.41, 5.74) is 11.4. The summed E-state index contributed by atoms with van der Waals surface area (Å²) in [4.78, 5) is 0.